The molecule has 0 aliphatic heterocycles. The van der Waals surface area contributed by atoms with E-state index < -0.39 is 10.8 Å². The molecule has 104 valence electrons. The molecule has 0 aromatic heterocycles. The topological polar surface area (TPSA) is 51.2 Å². The Morgan fingerprint density at radius 1 is 1.11 bits per heavy atom. The second-order valence-corrected chi connectivity index (χ2v) is 6.78. The number of aldehydes is 2. The van der Waals surface area contributed by atoms with E-state index in [9.17, 15) is 14.4 Å². The molecule has 0 rings (SSSR count). The third-order valence-corrected chi connectivity index (χ3v) is 3.29. The fourth-order valence-electron chi connectivity index (χ4n) is 2.66. The summed E-state index contributed by atoms with van der Waals surface area (Å²) in [5.74, 6) is -0.118. The quantitative estimate of drug-likeness (QED) is 0.625. The fourth-order valence-corrected chi connectivity index (χ4v) is 2.66. The molecule has 18 heavy (non-hydrogen) atoms. The maximum atomic E-state index is 12.4. The second-order valence-electron chi connectivity index (χ2n) is 6.78. The minimum Gasteiger partial charge on any atom is -0.303 e. The molecular formula is C15H26O3. The van der Waals surface area contributed by atoms with Crippen molar-refractivity contribution in [3.63, 3.8) is 0 Å². The van der Waals surface area contributed by atoms with E-state index in [1.807, 2.05) is 41.5 Å². The molecule has 0 aromatic carbocycles. The highest BCUT2D eigenvalue weighted by Gasteiger charge is 2.36. The van der Waals surface area contributed by atoms with Gasteiger partial charge < -0.3 is 9.59 Å². The molecule has 0 bridgehead atoms. The zero-order chi connectivity index (χ0) is 14.6. The van der Waals surface area contributed by atoms with Crippen LogP contribution in [0.3, 0.4) is 0 Å². The van der Waals surface area contributed by atoms with Crippen LogP contribution in [-0.4, -0.2) is 18.4 Å². The van der Waals surface area contributed by atoms with Crippen LogP contribution < -0.4 is 0 Å². The highest BCUT2D eigenvalue weighted by atomic mass is 16.1. The first-order chi connectivity index (χ1) is 8.05. The molecule has 3 nitrogen and oxygen atoms in total. The third-order valence-electron chi connectivity index (χ3n) is 3.29. The van der Waals surface area contributed by atoms with Gasteiger partial charge >= 0.3 is 0 Å². The van der Waals surface area contributed by atoms with E-state index in [1.165, 1.54) is 0 Å². The lowest BCUT2D eigenvalue weighted by Crippen LogP contribution is -2.35. The molecule has 2 unspecified atom stereocenters. The largest absolute Gasteiger partial charge is 0.303 e. The van der Waals surface area contributed by atoms with Crippen LogP contribution in [0.1, 0.15) is 54.4 Å². The highest BCUT2D eigenvalue weighted by Crippen LogP contribution is 2.35. The summed E-state index contributed by atoms with van der Waals surface area (Å²) in [5.41, 5.74) is -1.03. The molecule has 0 N–H and O–H groups in total. The van der Waals surface area contributed by atoms with Crippen molar-refractivity contribution < 1.29 is 14.4 Å². The Morgan fingerprint density at radius 3 is 2.00 bits per heavy atom. The van der Waals surface area contributed by atoms with Crippen LogP contribution in [-0.2, 0) is 14.4 Å². The fraction of sp³-hybridized carbons (Fsp3) is 0.800. The van der Waals surface area contributed by atoms with Crippen LogP contribution in [0, 0.1) is 22.7 Å². The normalized spacial score (nSPS) is 15.9. The van der Waals surface area contributed by atoms with E-state index in [0.29, 0.717) is 12.8 Å². The van der Waals surface area contributed by atoms with Gasteiger partial charge in [-0.1, -0.05) is 41.5 Å². The van der Waals surface area contributed by atoms with Gasteiger partial charge in [-0.3, -0.25) is 4.79 Å². The standard InChI is InChI=1S/C15H26O3/c1-11(8-16)7-12(2)13(18)15(5,6)9-14(3,4)10-17/h8,10-12H,7,9H2,1-6H3. The number of Topliss-reactive ketones (excluding diaryl/α,β-unsaturated/α-hetero) is 1. The van der Waals surface area contributed by atoms with E-state index in [4.69, 9.17) is 0 Å². The average Bonchev–Trinajstić information content (AvgIpc) is 2.26. The number of hydrogen-bond acceptors (Lipinski definition) is 3. The first-order valence-corrected chi connectivity index (χ1v) is 6.51. The van der Waals surface area contributed by atoms with Crippen molar-refractivity contribution >= 4 is 18.4 Å². The molecule has 0 amide bonds. The molecule has 0 aliphatic rings. The zero-order valence-electron chi connectivity index (χ0n) is 12.4. The summed E-state index contributed by atoms with van der Waals surface area (Å²) in [4.78, 5) is 34.0. The average molecular weight is 254 g/mol. The van der Waals surface area contributed by atoms with Gasteiger partial charge in [0.1, 0.15) is 18.4 Å². The van der Waals surface area contributed by atoms with Gasteiger partial charge in [0.2, 0.25) is 0 Å². The lowest BCUT2D eigenvalue weighted by atomic mass is 9.70. The molecule has 0 aromatic rings. The molecule has 0 saturated carbocycles. The third kappa shape index (κ3) is 5.11. The number of carbonyl (C=O) groups is 3. The summed E-state index contributed by atoms with van der Waals surface area (Å²) in [5, 5.41) is 0. The van der Waals surface area contributed by atoms with Crippen molar-refractivity contribution in [1.29, 1.82) is 0 Å². The minimum absolute atomic E-state index is 0.0983. The lowest BCUT2D eigenvalue weighted by Gasteiger charge is -2.32. The first kappa shape index (κ1) is 17.0. The Labute approximate surface area is 110 Å². The van der Waals surface area contributed by atoms with E-state index in [1.54, 1.807) is 0 Å². The van der Waals surface area contributed by atoms with Crippen LogP contribution in [0.2, 0.25) is 0 Å². The number of ketones is 1. The van der Waals surface area contributed by atoms with Crippen LogP contribution in [0.25, 0.3) is 0 Å². The summed E-state index contributed by atoms with van der Waals surface area (Å²) in [6.45, 7) is 11.1. The SMILES string of the molecule is CC(C=O)CC(C)C(=O)C(C)(C)CC(C)(C)C=O. The summed E-state index contributed by atoms with van der Waals surface area (Å²) < 4.78 is 0. The Kier molecular flexibility index (Phi) is 5.91. The summed E-state index contributed by atoms with van der Waals surface area (Å²) in [6, 6.07) is 0. The van der Waals surface area contributed by atoms with Gasteiger partial charge in [0, 0.05) is 22.7 Å². The van der Waals surface area contributed by atoms with Gasteiger partial charge in [-0.25, -0.2) is 0 Å². The Hall–Kier alpha value is -0.990. The maximum Gasteiger partial charge on any atom is 0.141 e. The maximum absolute atomic E-state index is 12.4. The smallest absolute Gasteiger partial charge is 0.141 e. The predicted molar refractivity (Wildman–Crippen MR) is 72.3 cm³/mol. The predicted octanol–water partition coefficient (Wildman–Crippen LogP) is 3.06. The Balaban J connectivity index is 4.74. The molecule has 0 fully saturated rings. The molecular weight excluding hydrogens is 228 g/mol. The highest BCUT2D eigenvalue weighted by molar-refractivity contribution is 5.86. The molecule has 0 spiro atoms. The van der Waals surface area contributed by atoms with E-state index in [2.05, 4.69) is 0 Å². The van der Waals surface area contributed by atoms with Gasteiger partial charge in [0.25, 0.3) is 0 Å². The molecule has 2 atom stereocenters. The van der Waals surface area contributed by atoms with E-state index in [-0.39, 0.29) is 17.6 Å². The molecule has 0 radical (unpaired) electrons. The lowest BCUT2D eigenvalue weighted by molar-refractivity contribution is -0.133. The van der Waals surface area contributed by atoms with Crippen molar-refractivity contribution in [1.82, 2.24) is 0 Å². The van der Waals surface area contributed by atoms with Crippen LogP contribution in [0.4, 0.5) is 0 Å². The van der Waals surface area contributed by atoms with Crippen LogP contribution in [0.15, 0.2) is 0 Å². The van der Waals surface area contributed by atoms with Crippen molar-refractivity contribution in [2.45, 2.75) is 54.4 Å². The Morgan fingerprint density at radius 2 is 1.61 bits per heavy atom. The van der Waals surface area contributed by atoms with Gasteiger partial charge in [-0.15, -0.1) is 0 Å². The summed E-state index contributed by atoms with van der Waals surface area (Å²) in [6.07, 6.45) is 2.89. The van der Waals surface area contributed by atoms with Crippen LogP contribution >= 0.6 is 0 Å². The first-order valence-electron chi connectivity index (χ1n) is 6.51. The summed E-state index contributed by atoms with van der Waals surface area (Å²) in [7, 11) is 0. The van der Waals surface area contributed by atoms with Crippen LogP contribution in [0.5, 0.6) is 0 Å². The summed E-state index contributed by atoms with van der Waals surface area (Å²) >= 11 is 0. The van der Waals surface area contributed by atoms with Gasteiger partial charge in [0.15, 0.2) is 0 Å². The van der Waals surface area contributed by atoms with Crippen molar-refractivity contribution in [2.24, 2.45) is 22.7 Å². The van der Waals surface area contributed by atoms with Crippen molar-refractivity contribution in [3.05, 3.63) is 0 Å². The minimum atomic E-state index is -0.535. The Bertz CT molecular complexity index is 316. The molecule has 0 heterocycles. The van der Waals surface area contributed by atoms with E-state index >= 15 is 0 Å². The number of hydrogen-bond donors (Lipinski definition) is 0. The second kappa shape index (κ2) is 6.26. The monoisotopic (exact) mass is 254 g/mol. The number of rotatable bonds is 8. The van der Waals surface area contributed by atoms with Gasteiger partial charge in [0.05, 0.1) is 0 Å². The van der Waals surface area contributed by atoms with Crippen molar-refractivity contribution in [2.75, 3.05) is 0 Å². The van der Waals surface area contributed by atoms with E-state index in [0.717, 1.165) is 12.6 Å². The van der Waals surface area contributed by atoms with Crippen molar-refractivity contribution in [3.8, 4) is 0 Å². The molecule has 0 aliphatic carbocycles. The van der Waals surface area contributed by atoms with Gasteiger partial charge in [-0.2, -0.15) is 0 Å². The van der Waals surface area contributed by atoms with Gasteiger partial charge in [-0.05, 0) is 12.8 Å². The zero-order valence-corrected chi connectivity index (χ0v) is 12.4. The molecule has 3 heteroatoms. The number of carbonyl (C=O) groups excluding carboxylic acids is 3. The molecule has 0 saturated heterocycles.